The van der Waals surface area contributed by atoms with Gasteiger partial charge in [0.05, 0.1) is 6.26 Å². The maximum absolute atomic E-state index is 11.7. The molecule has 1 aliphatic rings. The largest absolute Gasteiger partial charge is 0.488 e. The van der Waals surface area contributed by atoms with E-state index in [2.05, 4.69) is 9.71 Å². The quantitative estimate of drug-likeness (QED) is 0.803. The van der Waals surface area contributed by atoms with Crippen LogP contribution in [0.5, 0.6) is 11.5 Å². The van der Waals surface area contributed by atoms with Crippen LogP contribution in [0.2, 0.25) is 0 Å². The van der Waals surface area contributed by atoms with E-state index in [-0.39, 0.29) is 5.82 Å². The molecule has 0 atom stereocenters. The number of sulfonamides is 1. The van der Waals surface area contributed by atoms with Crippen LogP contribution in [0.25, 0.3) is 5.57 Å². The maximum atomic E-state index is 11.7. The van der Waals surface area contributed by atoms with Gasteiger partial charge in [-0.1, -0.05) is 0 Å². The summed E-state index contributed by atoms with van der Waals surface area (Å²) >= 11 is 0. The van der Waals surface area contributed by atoms with Crippen LogP contribution >= 0.6 is 0 Å². The van der Waals surface area contributed by atoms with Crippen molar-refractivity contribution in [3.8, 4) is 11.5 Å². The Bertz CT molecular complexity index is 1080. The van der Waals surface area contributed by atoms with Gasteiger partial charge in [0.15, 0.2) is 0 Å². The summed E-state index contributed by atoms with van der Waals surface area (Å²) in [5.74, 6) is 1.36. The number of amides is 1. The number of allylic oxidation sites excluding steroid dienone is 1. The summed E-state index contributed by atoms with van der Waals surface area (Å²) in [6, 6.07) is 8.85. The second-order valence-corrected chi connectivity index (χ2v) is 8.79. The normalized spacial score (nSPS) is 13.4. The van der Waals surface area contributed by atoms with Crippen LogP contribution in [0, 0.1) is 0 Å². The Hall–Kier alpha value is -3.07. The van der Waals surface area contributed by atoms with E-state index in [1.54, 1.807) is 38.5 Å². The fraction of sp³-hybridized carbons (Fsp3) is 0.300. The third-order valence-electron chi connectivity index (χ3n) is 4.39. The van der Waals surface area contributed by atoms with Gasteiger partial charge in [-0.2, -0.15) is 0 Å². The number of aromatic nitrogens is 1. The molecule has 29 heavy (non-hydrogen) atoms. The van der Waals surface area contributed by atoms with Crippen molar-refractivity contribution in [3.63, 3.8) is 0 Å². The first-order valence-electron chi connectivity index (χ1n) is 8.90. The number of hydrogen-bond acceptors (Lipinski definition) is 6. The van der Waals surface area contributed by atoms with Gasteiger partial charge in [0.2, 0.25) is 10.0 Å². The van der Waals surface area contributed by atoms with E-state index in [1.807, 2.05) is 19.1 Å². The Morgan fingerprint density at radius 1 is 1.28 bits per heavy atom. The van der Waals surface area contributed by atoms with Gasteiger partial charge in [-0.05, 0) is 54.3 Å². The van der Waals surface area contributed by atoms with E-state index >= 15 is 0 Å². The zero-order chi connectivity index (χ0) is 21.2. The molecule has 1 aromatic carbocycles. The molecule has 0 unspecified atom stereocenters. The molecule has 0 saturated heterocycles. The predicted octanol–water partition coefficient (Wildman–Crippen LogP) is 2.92. The van der Waals surface area contributed by atoms with Gasteiger partial charge in [-0.3, -0.25) is 4.72 Å². The van der Waals surface area contributed by atoms with Crippen molar-refractivity contribution in [2.24, 2.45) is 0 Å². The van der Waals surface area contributed by atoms with Crippen molar-refractivity contribution in [2.45, 2.75) is 13.3 Å². The molecule has 1 aliphatic heterocycles. The third-order valence-corrected chi connectivity index (χ3v) is 4.97. The number of fused-ring (bicyclic) bond motifs is 1. The Morgan fingerprint density at radius 2 is 2.03 bits per heavy atom. The Kier molecular flexibility index (Phi) is 5.78. The SMILES string of the molecule is CC1=C(Cc2ccnc(NS(C)(=O)=O)c2)COc2cc(OC(=O)N(C)C)ccc21. The summed E-state index contributed by atoms with van der Waals surface area (Å²) in [6.45, 7) is 2.40. The second kappa shape index (κ2) is 8.12. The molecular weight excluding hydrogens is 394 g/mol. The van der Waals surface area contributed by atoms with Crippen molar-refractivity contribution in [1.82, 2.24) is 9.88 Å². The number of hydrogen-bond donors (Lipinski definition) is 1. The molecule has 1 amide bonds. The Morgan fingerprint density at radius 3 is 2.72 bits per heavy atom. The molecule has 0 spiro atoms. The van der Waals surface area contributed by atoms with Crippen molar-refractivity contribution in [2.75, 3.05) is 31.7 Å². The van der Waals surface area contributed by atoms with E-state index < -0.39 is 16.1 Å². The molecule has 0 fully saturated rings. The monoisotopic (exact) mass is 417 g/mol. The van der Waals surface area contributed by atoms with Crippen molar-refractivity contribution >= 4 is 27.5 Å². The lowest BCUT2D eigenvalue weighted by Gasteiger charge is -2.23. The summed E-state index contributed by atoms with van der Waals surface area (Å²) in [5.41, 5.74) is 4.00. The standard InChI is InChI=1S/C20H23N3O5S/c1-13-15(9-14-7-8-21-19(10-14)22-29(4,25)26)12-27-18-11-16(5-6-17(13)18)28-20(24)23(2)3/h5-8,10-11H,9,12H2,1-4H3,(H,21,22). The molecule has 0 aliphatic carbocycles. The molecule has 3 rings (SSSR count). The highest BCUT2D eigenvalue weighted by Gasteiger charge is 2.19. The number of rotatable bonds is 5. The first kappa shape index (κ1) is 20.7. The molecule has 1 aromatic heterocycles. The van der Waals surface area contributed by atoms with E-state index in [0.29, 0.717) is 24.5 Å². The number of anilines is 1. The minimum atomic E-state index is -3.38. The number of nitrogens with zero attached hydrogens (tertiary/aromatic N) is 2. The molecule has 0 radical (unpaired) electrons. The van der Waals surface area contributed by atoms with Crippen LogP contribution < -0.4 is 14.2 Å². The van der Waals surface area contributed by atoms with Gasteiger partial charge in [-0.15, -0.1) is 0 Å². The fourth-order valence-electron chi connectivity index (χ4n) is 2.91. The topological polar surface area (TPSA) is 97.8 Å². The first-order valence-corrected chi connectivity index (χ1v) is 10.8. The van der Waals surface area contributed by atoms with Crippen LogP contribution in [0.3, 0.4) is 0 Å². The third kappa shape index (κ3) is 5.26. The highest BCUT2D eigenvalue weighted by Crippen LogP contribution is 2.36. The molecule has 8 nitrogen and oxygen atoms in total. The number of benzene rings is 1. The zero-order valence-electron chi connectivity index (χ0n) is 16.7. The van der Waals surface area contributed by atoms with E-state index in [0.717, 1.165) is 28.5 Å². The van der Waals surface area contributed by atoms with Crippen molar-refractivity contribution in [3.05, 3.63) is 53.2 Å². The Labute approximate surface area is 170 Å². The smallest absolute Gasteiger partial charge is 0.414 e. The lowest BCUT2D eigenvalue weighted by Crippen LogP contribution is -2.25. The molecule has 0 bridgehead atoms. The number of ether oxygens (including phenoxy) is 2. The summed E-state index contributed by atoms with van der Waals surface area (Å²) in [4.78, 5) is 17.1. The number of carbonyl (C=O) groups is 1. The average Bonchev–Trinajstić information content (AvgIpc) is 2.63. The van der Waals surface area contributed by atoms with E-state index in [4.69, 9.17) is 9.47 Å². The lowest BCUT2D eigenvalue weighted by molar-refractivity contribution is 0.171. The van der Waals surface area contributed by atoms with Gasteiger partial charge in [0.25, 0.3) is 0 Å². The molecular formula is C20H23N3O5S. The summed E-state index contributed by atoms with van der Waals surface area (Å²) in [7, 11) is -0.149. The fourth-order valence-corrected chi connectivity index (χ4v) is 3.40. The maximum Gasteiger partial charge on any atom is 0.414 e. The highest BCUT2D eigenvalue weighted by molar-refractivity contribution is 7.92. The van der Waals surface area contributed by atoms with Crippen molar-refractivity contribution < 1.29 is 22.7 Å². The van der Waals surface area contributed by atoms with Gasteiger partial charge in [0, 0.05) is 31.9 Å². The van der Waals surface area contributed by atoms with Crippen LogP contribution in [0.1, 0.15) is 18.1 Å². The van der Waals surface area contributed by atoms with Gasteiger partial charge < -0.3 is 14.4 Å². The van der Waals surface area contributed by atoms with Gasteiger partial charge in [0.1, 0.15) is 23.9 Å². The minimum absolute atomic E-state index is 0.285. The van der Waals surface area contributed by atoms with E-state index in [9.17, 15) is 13.2 Å². The zero-order valence-corrected chi connectivity index (χ0v) is 17.5. The summed E-state index contributed by atoms with van der Waals surface area (Å²) < 4.78 is 36.4. The molecule has 9 heteroatoms. The molecule has 0 saturated carbocycles. The summed E-state index contributed by atoms with van der Waals surface area (Å²) in [6.07, 6.45) is 2.81. The average molecular weight is 417 g/mol. The van der Waals surface area contributed by atoms with Crippen LogP contribution in [0.4, 0.5) is 10.6 Å². The van der Waals surface area contributed by atoms with Gasteiger partial charge in [-0.25, -0.2) is 18.2 Å². The van der Waals surface area contributed by atoms with E-state index in [1.165, 1.54) is 4.90 Å². The highest BCUT2D eigenvalue weighted by atomic mass is 32.2. The molecule has 154 valence electrons. The number of pyridine rings is 1. The number of nitrogens with one attached hydrogen (secondary N) is 1. The molecule has 2 aromatic rings. The molecule has 2 heterocycles. The van der Waals surface area contributed by atoms with Gasteiger partial charge >= 0.3 is 6.09 Å². The predicted molar refractivity (Wildman–Crippen MR) is 111 cm³/mol. The minimum Gasteiger partial charge on any atom is -0.488 e. The lowest BCUT2D eigenvalue weighted by atomic mass is 9.94. The first-order chi connectivity index (χ1) is 13.6. The molecule has 1 N–H and O–H groups in total. The second-order valence-electron chi connectivity index (χ2n) is 7.04. The van der Waals surface area contributed by atoms with Crippen LogP contribution in [-0.4, -0.2) is 51.4 Å². The Balaban J connectivity index is 1.81. The number of carbonyl (C=O) groups excluding carboxylic acids is 1. The van der Waals surface area contributed by atoms with Crippen LogP contribution in [-0.2, 0) is 16.4 Å². The van der Waals surface area contributed by atoms with Crippen molar-refractivity contribution in [1.29, 1.82) is 0 Å². The summed E-state index contributed by atoms with van der Waals surface area (Å²) in [5, 5.41) is 0. The van der Waals surface area contributed by atoms with Crippen LogP contribution in [0.15, 0.2) is 42.1 Å².